The van der Waals surface area contributed by atoms with E-state index in [2.05, 4.69) is 0 Å². The molecule has 1 atom stereocenters. The van der Waals surface area contributed by atoms with Crippen LogP contribution >= 0.6 is 0 Å². The molecule has 0 aliphatic carbocycles. The van der Waals surface area contributed by atoms with Gasteiger partial charge in [0.1, 0.15) is 5.76 Å². The van der Waals surface area contributed by atoms with Crippen LogP contribution in [0.3, 0.4) is 0 Å². The summed E-state index contributed by atoms with van der Waals surface area (Å²) in [7, 11) is 0. The molecular formula is C8H9NO5. The van der Waals surface area contributed by atoms with E-state index in [1.165, 1.54) is 13.0 Å². The molecule has 1 aromatic heterocycles. The molecule has 1 heterocycles. The minimum Gasteiger partial charge on any atom is -0.480 e. The van der Waals surface area contributed by atoms with Crippen LogP contribution in [-0.2, 0) is 10.3 Å². The van der Waals surface area contributed by atoms with Gasteiger partial charge in [-0.05, 0) is 19.1 Å². The number of carbonyl (C=O) groups is 2. The Morgan fingerprint density at radius 3 is 2.36 bits per heavy atom. The molecule has 6 heteroatoms. The highest BCUT2D eigenvalue weighted by Gasteiger charge is 2.34. The van der Waals surface area contributed by atoms with E-state index < -0.39 is 17.5 Å². The number of aliphatic carboxylic acids is 1. The number of aromatic carboxylic acids is 1. The maximum atomic E-state index is 10.7. The number of carboxylic acid groups (broad SMARTS) is 2. The molecule has 0 aromatic carbocycles. The second-order valence-corrected chi connectivity index (χ2v) is 2.98. The highest BCUT2D eigenvalue weighted by atomic mass is 16.4. The largest absolute Gasteiger partial charge is 0.480 e. The van der Waals surface area contributed by atoms with Crippen LogP contribution in [0.25, 0.3) is 0 Å². The normalized spacial score (nSPS) is 14.7. The Balaban J connectivity index is 3.09. The summed E-state index contributed by atoms with van der Waals surface area (Å²) < 4.78 is 4.77. The van der Waals surface area contributed by atoms with Crippen LogP contribution < -0.4 is 5.73 Å². The summed E-state index contributed by atoms with van der Waals surface area (Å²) in [5, 5.41) is 17.2. The van der Waals surface area contributed by atoms with Crippen molar-refractivity contribution in [3.05, 3.63) is 23.7 Å². The molecule has 4 N–H and O–H groups in total. The topological polar surface area (TPSA) is 114 Å². The number of nitrogens with two attached hydrogens (primary N) is 1. The molecule has 0 amide bonds. The number of rotatable bonds is 3. The zero-order chi connectivity index (χ0) is 10.9. The van der Waals surface area contributed by atoms with Gasteiger partial charge in [-0.1, -0.05) is 0 Å². The number of carboxylic acids is 2. The van der Waals surface area contributed by atoms with Crippen LogP contribution in [0.5, 0.6) is 0 Å². The first-order valence-corrected chi connectivity index (χ1v) is 3.71. The van der Waals surface area contributed by atoms with E-state index in [1.54, 1.807) is 0 Å². The predicted octanol–water partition coefficient (Wildman–Crippen LogP) is 0.236. The Hall–Kier alpha value is -1.82. The van der Waals surface area contributed by atoms with E-state index in [0.717, 1.165) is 6.07 Å². The third-order valence-corrected chi connectivity index (χ3v) is 1.77. The van der Waals surface area contributed by atoms with Crippen molar-refractivity contribution in [3.8, 4) is 0 Å². The van der Waals surface area contributed by atoms with Gasteiger partial charge >= 0.3 is 11.9 Å². The highest BCUT2D eigenvalue weighted by molar-refractivity contribution is 5.85. The first kappa shape index (κ1) is 10.3. The molecule has 14 heavy (non-hydrogen) atoms. The van der Waals surface area contributed by atoms with Gasteiger partial charge in [0.05, 0.1) is 0 Å². The predicted molar refractivity (Wildman–Crippen MR) is 44.8 cm³/mol. The van der Waals surface area contributed by atoms with Gasteiger partial charge in [0.25, 0.3) is 0 Å². The van der Waals surface area contributed by atoms with Crippen molar-refractivity contribution in [1.82, 2.24) is 0 Å². The molecule has 1 aromatic rings. The lowest BCUT2D eigenvalue weighted by molar-refractivity contribution is -0.143. The molecule has 0 spiro atoms. The smallest absolute Gasteiger partial charge is 0.371 e. The molecule has 0 fully saturated rings. The molecule has 0 radical (unpaired) electrons. The van der Waals surface area contributed by atoms with Crippen LogP contribution in [0.4, 0.5) is 0 Å². The van der Waals surface area contributed by atoms with Gasteiger partial charge in [-0.2, -0.15) is 0 Å². The molecule has 0 aliphatic rings. The lowest BCUT2D eigenvalue weighted by Crippen LogP contribution is -2.41. The summed E-state index contributed by atoms with van der Waals surface area (Å²) in [5.74, 6) is -2.98. The number of furan rings is 1. The van der Waals surface area contributed by atoms with Gasteiger partial charge in [0, 0.05) is 0 Å². The highest BCUT2D eigenvalue weighted by Crippen LogP contribution is 2.20. The van der Waals surface area contributed by atoms with Crippen molar-refractivity contribution < 1.29 is 24.2 Å². The van der Waals surface area contributed by atoms with Gasteiger partial charge < -0.3 is 20.4 Å². The Kier molecular flexibility index (Phi) is 2.31. The minimum absolute atomic E-state index is 0.0950. The number of hydrogen-bond acceptors (Lipinski definition) is 4. The van der Waals surface area contributed by atoms with Crippen LogP contribution in [0.2, 0.25) is 0 Å². The summed E-state index contributed by atoms with van der Waals surface area (Å²) in [5.41, 5.74) is 3.69. The second kappa shape index (κ2) is 3.15. The molecular weight excluding hydrogens is 190 g/mol. The molecule has 0 saturated heterocycles. The Morgan fingerprint density at radius 1 is 1.43 bits per heavy atom. The quantitative estimate of drug-likeness (QED) is 0.642. The van der Waals surface area contributed by atoms with E-state index in [4.69, 9.17) is 20.4 Å². The van der Waals surface area contributed by atoms with Crippen LogP contribution in [0.15, 0.2) is 16.5 Å². The fourth-order valence-corrected chi connectivity index (χ4v) is 0.837. The minimum atomic E-state index is -1.71. The monoisotopic (exact) mass is 199 g/mol. The van der Waals surface area contributed by atoms with E-state index in [1.807, 2.05) is 0 Å². The van der Waals surface area contributed by atoms with Gasteiger partial charge in [0.15, 0.2) is 5.54 Å². The maximum absolute atomic E-state index is 10.7. The molecule has 6 nitrogen and oxygen atoms in total. The summed E-state index contributed by atoms with van der Waals surface area (Å²) in [4.78, 5) is 21.1. The maximum Gasteiger partial charge on any atom is 0.371 e. The Labute approximate surface area is 78.9 Å². The van der Waals surface area contributed by atoms with Crippen LogP contribution in [0.1, 0.15) is 23.2 Å². The van der Waals surface area contributed by atoms with Crippen molar-refractivity contribution >= 4 is 11.9 Å². The molecule has 0 bridgehead atoms. The first-order chi connectivity index (χ1) is 6.35. The summed E-state index contributed by atoms with van der Waals surface area (Å²) >= 11 is 0. The molecule has 1 rings (SSSR count). The summed E-state index contributed by atoms with van der Waals surface area (Å²) in [6.45, 7) is 1.22. The standard InChI is InChI=1S/C8H9NO5/c1-8(9,7(12)13)5-3-2-4(14-5)6(10)11/h2-3H,9H2,1H3,(H,10,11)(H,12,13)/t8-/m0/s1. The van der Waals surface area contributed by atoms with Crippen molar-refractivity contribution in [3.63, 3.8) is 0 Å². The average Bonchev–Trinajstić information content (AvgIpc) is 2.51. The second-order valence-electron chi connectivity index (χ2n) is 2.98. The summed E-state index contributed by atoms with van der Waals surface area (Å²) in [6, 6.07) is 2.39. The van der Waals surface area contributed by atoms with E-state index >= 15 is 0 Å². The summed E-state index contributed by atoms with van der Waals surface area (Å²) in [6.07, 6.45) is 0. The van der Waals surface area contributed by atoms with E-state index in [-0.39, 0.29) is 11.5 Å². The fraction of sp³-hybridized carbons (Fsp3) is 0.250. The van der Waals surface area contributed by atoms with Crippen molar-refractivity contribution in [1.29, 1.82) is 0 Å². The lowest BCUT2D eigenvalue weighted by atomic mass is 10.0. The van der Waals surface area contributed by atoms with Crippen LogP contribution in [0, 0.1) is 0 Å². The van der Waals surface area contributed by atoms with Gasteiger partial charge in [0.2, 0.25) is 5.76 Å². The third-order valence-electron chi connectivity index (χ3n) is 1.77. The molecule has 76 valence electrons. The molecule has 0 unspecified atom stereocenters. The average molecular weight is 199 g/mol. The molecule has 0 saturated carbocycles. The first-order valence-electron chi connectivity index (χ1n) is 3.71. The SMILES string of the molecule is C[C@@](N)(C(=O)O)c1ccc(C(=O)O)o1. The van der Waals surface area contributed by atoms with Crippen LogP contribution in [-0.4, -0.2) is 22.2 Å². The van der Waals surface area contributed by atoms with E-state index in [9.17, 15) is 9.59 Å². The van der Waals surface area contributed by atoms with E-state index in [0.29, 0.717) is 0 Å². The molecule has 0 aliphatic heterocycles. The van der Waals surface area contributed by atoms with Gasteiger partial charge in [-0.3, -0.25) is 0 Å². The van der Waals surface area contributed by atoms with Crippen molar-refractivity contribution in [2.24, 2.45) is 5.73 Å². The third kappa shape index (κ3) is 1.60. The Morgan fingerprint density at radius 2 is 2.00 bits per heavy atom. The fourth-order valence-electron chi connectivity index (χ4n) is 0.837. The zero-order valence-electron chi connectivity index (χ0n) is 7.35. The van der Waals surface area contributed by atoms with Crippen molar-refractivity contribution in [2.45, 2.75) is 12.5 Å². The van der Waals surface area contributed by atoms with Gasteiger partial charge in [-0.15, -0.1) is 0 Å². The van der Waals surface area contributed by atoms with Crippen molar-refractivity contribution in [2.75, 3.05) is 0 Å². The number of hydrogen-bond donors (Lipinski definition) is 3. The zero-order valence-corrected chi connectivity index (χ0v) is 7.35. The lowest BCUT2D eigenvalue weighted by Gasteiger charge is -2.15. The Bertz CT molecular complexity index is 379. The van der Waals surface area contributed by atoms with Gasteiger partial charge in [-0.25, -0.2) is 9.59 Å².